The first-order valence-corrected chi connectivity index (χ1v) is 9.97. The predicted octanol–water partition coefficient (Wildman–Crippen LogP) is 6.03. The summed E-state index contributed by atoms with van der Waals surface area (Å²) in [6.07, 6.45) is 1.38. The first-order chi connectivity index (χ1) is 15.4. The SMILES string of the molecule is N#C/C(=C\c1ccccc1OCc1ccccc1Cl)C(=O)Nc1ccc(Cl)c([N+](=O)[O-])c1. The Balaban J connectivity index is 1.81. The molecule has 3 rings (SSSR count). The van der Waals surface area contributed by atoms with Gasteiger partial charge in [-0.15, -0.1) is 0 Å². The maximum Gasteiger partial charge on any atom is 0.289 e. The number of rotatable bonds is 7. The average molecular weight is 468 g/mol. The predicted molar refractivity (Wildman–Crippen MR) is 123 cm³/mol. The molecule has 0 heterocycles. The maximum atomic E-state index is 12.6. The van der Waals surface area contributed by atoms with Crippen molar-refractivity contribution in [1.82, 2.24) is 0 Å². The first kappa shape index (κ1) is 22.8. The standard InChI is InChI=1S/C23H15Cl2N3O4/c24-19-7-3-1-6-16(19)14-32-22-8-4-2-5-15(22)11-17(13-26)23(29)27-18-9-10-20(25)21(12-18)28(30)31/h1-12H,14H2,(H,27,29)/b17-11+. The van der Waals surface area contributed by atoms with Gasteiger partial charge in [0.25, 0.3) is 11.6 Å². The minimum absolute atomic E-state index is 0.0614. The summed E-state index contributed by atoms with van der Waals surface area (Å²) in [6.45, 7) is 0.201. The van der Waals surface area contributed by atoms with Crippen molar-refractivity contribution < 1.29 is 14.5 Å². The number of halogens is 2. The van der Waals surface area contributed by atoms with Crippen molar-refractivity contribution in [2.75, 3.05) is 5.32 Å². The number of hydrogen-bond donors (Lipinski definition) is 1. The van der Waals surface area contributed by atoms with Gasteiger partial charge in [-0.2, -0.15) is 5.26 Å². The van der Waals surface area contributed by atoms with Crippen LogP contribution in [0.5, 0.6) is 5.75 Å². The highest BCUT2D eigenvalue weighted by atomic mass is 35.5. The van der Waals surface area contributed by atoms with E-state index in [2.05, 4.69) is 5.32 Å². The van der Waals surface area contributed by atoms with E-state index in [9.17, 15) is 20.2 Å². The summed E-state index contributed by atoms with van der Waals surface area (Å²) in [6, 6.07) is 19.8. The fraction of sp³-hybridized carbons (Fsp3) is 0.0435. The van der Waals surface area contributed by atoms with Gasteiger partial charge in [0.1, 0.15) is 29.0 Å². The summed E-state index contributed by atoms with van der Waals surface area (Å²) in [5, 5.41) is 23.5. The number of anilines is 1. The topological polar surface area (TPSA) is 105 Å². The van der Waals surface area contributed by atoms with Crippen LogP contribution in [0.1, 0.15) is 11.1 Å². The molecule has 32 heavy (non-hydrogen) atoms. The van der Waals surface area contributed by atoms with Crippen LogP contribution in [0, 0.1) is 21.4 Å². The number of benzene rings is 3. The van der Waals surface area contributed by atoms with Crippen molar-refractivity contribution in [2.24, 2.45) is 0 Å². The molecular weight excluding hydrogens is 453 g/mol. The number of nitrogens with zero attached hydrogens (tertiary/aromatic N) is 2. The quantitative estimate of drug-likeness (QED) is 0.197. The molecular formula is C23H15Cl2N3O4. The molecule has 1 amide bonds. The average Bonchev–Trinajstić information content (AvgIpc) is 2.78. The van der Waals surface area contributed by atoms with E-state index < -0.39 is 10.8 Å². The van der Waals surface area contributed by atoms with Crippen molar-refractivity contribution in [3.05, 3.63) is 104 Å². The molecule has 160 valence electrons. The van der Waals surface area contributed by atoms with E-state index in [4.69, 9.17) is 27.9 Å². The number of carbonyl (C=O) groups excluding carboxylic acids is 1. The lowest BCUT2D eigenvalue weighted by Crippen LogP contribution is -2.13. The van der Waals surface area contributed by atoms with Gasteiger partial charge < -0.3 is 10.1 Å². The minimum Gasteiger partial charge on any atom is -0.488 e. The molecule has 0 aliphatic rings. The number of nitro groups is 1. The molecule has 3 aromatic carbocycles. The highest BCUT2D eigenvalue weighted by Gasteiger charge is 2.16. The zero-order valence-electron chi connectivity index (χ0n) is 16.4. The van der Waals surface area contributed by atoms with Crippen LogP contribution < -0.4 is 10.1 Å². The van der Waals surface area contributed by atoms with Crippen LogP contribution >= 0.6 is 23.2 Å². The third kappa shape index (κ3) is 5.64. The van der Waals surface area contributed by atoms with Crippen LogP contribution in [-0.4, -0.2) is 10.8 Å². The number of nitrogens with one attached hydrogen (secondary N) is 1. The van der Waals surface area contributed by atoms with Crippen LogP contribution in [0.15, 0.2) is 72.3 Å². The molecule has 0 atom stereocenters. The minimum atomic E-state index is -0.731. The Morgan fingerprint density at radius 2 is 1.81 bits per heavy atom. The van der Waals surface area contributed by atoms with Crippen LogP contribution in [0.4, 0.5) is 11.4 Å². The lowest BCUT2D eigenvalue weighted by molar-refractivity contribution is -0.384. The Morgan fingerprint density at radius 1 is 1.09 bits per heavy atom. The van der Waals surface area contributed by atoms with E-state index in [-0.39, 0.29) is 28.6 Å². The molecule has 3 aromatic rings. The van der Waals surface area contributed by atoms with Crippen LogP contribution in [0.3, 0.4) is 0 Å². The van der Waals surface area contributed by atoms with E-state index in [1.807, 2.05) is 24.3 Å². The van der Waals surface area contributed by atoms with E-state index >= 15 is 0 Å². The van der Waals surface area contributed by atoms with Gasteiger partial charge in [-0.1, -0.05) is 59.6 Å². The van der Waals surface area contributed by atoms with Gasteiger partial charge in [0.15, 0.2) is 0 Å². The fourth-order valence-electron chi connectivity index (χ4n) is 2.74. The van der Waals surface area contributed by atoms with Crippen LogP contribution in [-0.2, 0) is 11.4 Å². The third-order valence-corrected chi connectivity index (χ3v) is 5.01. The second kappa shape index (κ2) is 10.4. The second-order valence-electron chi connectivity index (χ2n) is 6.47. The smallest absolute Gasteiger partial charge is 0.289 e. The Labute approximate surface area is 193 Å². The highest BCUT2D eigenvalue weighted by molar-refractivity contribution is 6.32. The largest absolute Gasteiger partial charge is 0.488 e. The van der Waals surface area contributed by atoms with E-state index in [0.29, 0.717) is 16.3 Å². The van der Waals surface area contributed by atoms with Crippen molar-refractivity contribution in [2.45, 2.75) is 6.61 Å². The molecule has 0 spiro atoms. The second-order valence-corrected chi connectivity index (χ2v) is 7.28. The van der Waals surface area contributed by atoms with E-state index in [1.165, 1.54) is 18.2 Å². The Hall–Kier alpha value is -3.86. The summed E-state index contributed by atoms with van der Waals surface area (Å²) in [5.41, 5.74) is 0.862. The number of nitro benzene ring substituents is 1. The van der Waals surface area contributed by atoms with Crippen LogP contribution in [0.25, 0.3) is 6.08 Å². The number of ether oxygens (including phenoxy) is 1. The summed E-state index contributed by atoms with van der Waals surface area (Å²) in [4.78, 5) is 23.0. The molecule has 9 heteroatoms. The molecule has 1 N–H and O–H groups in total. The summed E-state index contributed by atoms with van der Waals surface area (Å²) >= 11 is 11.9. The molecule has 0 fully saturated rings. The summed E-state index contributed by atoms with van der Waals surface area (Å²) in [5.74, 6) is -0.278. The summed E-state index contributed by atoms with van der Waals surface area (Å²) < 4.78 is 5.84. The molecule has 0 aromatic heterocycles. The molecule has 0 saturated heterocycles. The molecule has 0 aliphatic carbocycles. The monoisotopic (exact) mass is 467 g/mol. The lowest BCUT2D eigenvalue weighted by Gasteiger charge is -2.11. The van der Waals surface area contributed by atoms with Gasteiger partial charge in [-0.25, -0.2) is 0 Å². The fourth-order valence-corrected chi connectivity index (χ4v) is 3.11. The highest BCUT2D eigenvalue weighted by Crippen LogP contribution is 2.28. The third-order valence-electron chi connectivity index (χ3n) is 4.33. The van der Waals surface area contributed by atoms with Gasteiger partial charge >= 0.3 is 0 Å². The van der Waals surface area contributed by atoms with Gasteiger partial charge in [-0.3, -0.25) is 14.9 Å². The number of amides is 1. The van der Waals surface area contributed by atoms with Crippen molar-refractivity contribution in [3.8, 4) is 11.8 Å². The molecule has 0 saturated carbocycles. The van der Waals surface area contributed by atoms with Gasteiger partial charge in [0, 0.05) is 27.9 Å². The molecule has 0 unspecified atom stereocenters. The Kier molecular flexibility index (Phi) is 7.45. The van der Waals surface area contributed by atoms with Crippen molar-refractivity contribution in [1.29, 1.82) is 5.26 Å². The van der Waals surface area contributed by atoms with Gasteiger partial charge in [-0.05, 0) is 30.3 Å². The van der Waals surface area contributed by atoms with E-state index in [0.717, 1.165) is 11.6 Å². The zero-order valence-corrected chi connectivity index (χ0v) is 17.9. The molecule has 0 radical (unpaired) electrons. The number of carbonyl (C=O) groups is 1. The zero-order chi connectivity index (χ0) is 23.1. The van der Waals surface area contributed by atoms with Crippen molar-refractivity contribution in [3.63, 3.8) is 0 Å². The first-order valence-electron chi connectivity index (χ1n) is 9.21. The summed E-state index contributed by atoms with van der Waals surface area (Å²) in [7, 11) is 0. The van der Waals surface area contributed by atoms with Crippen molar-refractivity contribution >= 4 is 46.6 Å². The maximum absolute atomic E-state index is 12.6. The molecule has 0 aliphatic heterocycles. The lowest BCUT2D eigenvalue weighted by atomic mass is 10.1. The number of nitriles is 1. The van der Waals surface area contributed by atoms with Gasteiger partial charge in [0.05, 0.1) is 4.92 Å². The van der Waals surface area contributed by atoms with Crippen LogP contribution in [0.2, 0.25) is 10.0 Å². The molecule has 0 bridgehead atoms. The van der Waals surface area contributed by atoms with Gasteiger partial charge in [0.2, 0.25) is 0 Å². The van der Waals surface area contributed by atoms with E-state index in [1.54, 1.807) is 30.3 Å². The molecule has 7 nitrogen and oxygen atoms in total. The normalized spacial score (nSPS) is 10.8. The Morgan fingerprint density at radius 3 is 2.53 bits per heavy atom. The number of hydrogen-bond acceptors (Lipinski definition) is 5. The number of para-hydroxylation sites is 1. The Bertz CT molecular complexity index is 1250.